The number of allylic oxidation sites excluding steroid dienone is 7. The van der Waals surface area contributed by atoms with Gasteiger partial charge < -0.3 is 9.47 Å². The lowest BCUT2D eigenvalue weighted by Gasteiger charge is -2.32. The van der Waals surface area contributed by atoms with Gasteiger partial charge in [0.1, 0.15) is 6.10 Å². The van der Waals surface area contributed by atoms with E-state index in [-0.39, 0.29) is 18.2 Å². The van der Waals surface area contributed by atoms with Crippen molar-refractivity contribution in [2.24, 2.45) is 11.8 Å². The van der Waals surface area contributed by atoms with Crippen molar-refractivity contribution >= 4 is 5.97 Å². The first-order valence-electron chi connectivity index (χ1n) is 11.7. The maximum absolute atomic E-state index is 11.3. The lowest BCUT2D eigenvalue weighted by Crippen LogP contribution is -2.32. The van der Waals surface area contributed by atoms with Crippen LogP contribution in [0.4, 0.5) is 0 Å². The maximum Gasteiger partial charge on any atom is 0.331 e. The van der Waals surface area contributed by atoms with Crippen LogP contribution >= 0.6 is 0 Å². The van der Waals surface area contributed by atoms with Crippen LogP contribution < -0.4 is 0 Å². The summed E-state index contributed by atoms with van der Waals surface area (Å²) in [6.07, 6.45) is 26.2. The highest BCUT2D eigenvalue weighted by Gasteiger charge is 2.25. The molecule has 2 heterocycles. The van der Waals surface area contributed by atoms with Gasteiger partial charge in [-0.2, -0.15) is 0 Å². The van der Waals surface area contributed by atoms with Gasteiger partial charge in [-0.1, -0.05) is 73.6 Å². The Morgan fingerprint density at radius 3 is 2.81 bits per heavy atom. The van der Waals surface area contributed by atoms with E-state index < -0.39 is 0 Å². The van der Waals surface area contributed by atoms with Gasteiger partial charge >= 0.3 is 5.97 Å². The third-order valence-corrected chi connectivity index (χ3v) is 5.81. The van der Waals surface area contributed by atoms with Gasteiger partial charge in [-0.05, 0) is 64.4 Å². The third-order valence-electron chi connectivity index (χ3n) is 5.81. The molecule has 0 spiro atoms. The van der Waals surface area contributed by atoms with E-state index in [0.717, 1.165) is 25.7 Å². The van der Waals surface area contributed by atoms with Crippen LogP contribution in [-0.2, 0) is 14.3 Å². The summed E-state index contributed by atoms with van der Waals surface area (Å²) in [5, 5.41) is 0. The van der Waals surface area contributed by atoms with Crippen molar-refractivity contribution in [3.8, 4) is 0 Å². The zero-order valence-corrected chi connectivity index (χ0v) is 19.9. The highest BCUT2D eigenvalue weighted by molar-refractivity contribution is 5.82. The smallest absolute Gasteiger partial charge is 0.331 e. The quantitative estimate of drug-likeness (QED) is 0.226. The summed E-state index contributed by atoms with van der Waals surface area (Å²) in [5.41, 5.74) is 2.56. The van der Waals surface area contributed by atoms with Crippen LogP contribution in [-0.4, -0.2) is 24.3 Å². The fourth-order valence-corrected chi connectivity index (χ4v) is 4.15. The molecule has 2 aliphatic rings. The normalized spacial score (nSPS) is 29.3. The standard InChI is InChI=1S/C28H40O3/c1-6-10-27-24(5)16-18-25(30-27)12-8-7-11-21(2)19-23(4)20-22(3)15-17-26-13-9-14-28(29)31-26/h6-11,14-15,17,20,23-27H,12-13,16,18-19H2,1-5H3/b8-7+,10-6+,17-15+,21-11+,22-20-/t23-,24+,25?,26?,27?/m1/s1. The van der Waals surface area contributed by atoms with Crippen LogP contribution in [0.2, 0.25) is 0 Å². The minimum Gasteiger partial charge on any atom is -0.455 e. The second kappa shape index (κ2) is 13.3. The molecule has 3 heteroatoms. The molecule has 0 saturated carbocycles. The van der Waals surface area contributed by atoms with Crippen LogP contribution in [0.15, 0.2) is 71.9 Å². The zero-order chi connectivity index (χ0) is 22.6. The van der Waals surface area contributed by atoms with E-state index in [2.05, 4.69) is 77.2 Å². The second-order valence-electron chi connectivity index (χ2n) is 9.04. The number of hydrogen-bond donors (Lipinski definition) is 0. The van der Waals surface area contributed by atoms with Crippen molar-refractivity contribution in [1.29, 1.82) is 0 Å². The Balaban J connectivity index is 1.75. The molecule has 2 aliphatic heterocycles. The van der Waals surface area contributed by atoms with Gasteiger partial charge in [0.15, 0.2) is 0 Å². The van der Waals surface area contributed by atoms with Gasteiger partial charge in [0.05, 0.1) is 12.2 Å². The molecule has 0 aromatic rings. The van der Waals surface area contributed by atoms with Crippen molar-refractivity contribution in [3.63, 3.8) is 0 Å². The SMILES string of the molecule is C/C=C/C1OC(C/C=C/C=C(\C)C[C@@H](C)/C=C(C)\C=C\C2CC=CC(=O)O2)CC[C@@H]1C. The fourth-order valence-electron chi connectivity index (χ4n) is 4.15. The predicted octanol–water partition coefficient (Wildman–Crippen LogP) is 7.04. The Hall–Kier alpha value is -2.13. The molecule has 3 nitrogen and oxygen atoms in total. The first kappa shape index (κ1) is 25.1. The van der Waals surface area contributed by atoms with Crippen molar-refractivity contribution in [2.75, 3.05) is 0 Å². The monoisotopic (exact) mass is 424 g/mol. The van der Waals surface area contributed by atoms with Crippen LogP contribution in [0.25, 0.3) is 0 Å². The summed E-state index contributed by atoms with van der Waals surface area (Å²) in [4.78, 5) is 11.3. The largest absolute Gasteiger partial charge is 0.455 e. The number of carbonyl (C=O) groups is 1. The molecule has 2 rings (SSSR count). The Morgan fingerprint density at radius 1 is 1.26 bits per heavy atom. The number of rotatable bonds is 9. The number of cyclic esters (lactones) is 1. The Bertz CT molecular complexity index is 750. The molecule has 5 atom stereocenters. The van der Waals surface area contributed by atoms with Crippen LogP contribution in [0.5, 0.6) is 0 Å². The van der Waals surface area contributed by atoms with Gasteiger partial charge in [-0.25, -0.2) is 4.79 Å². The minimum atomic E-state index is -0.257. The molecule has 31 heavy (non-hydrogen) atoms. The number of esters is 1. The predicted molar refractivity (Wildman–Crippen MR) is 130 cm³/mol. The van der Waals surface area contributed by atoms with Gasteiger partial charge in [0.2, 0.25) is 0 Å². The first-order chi connectivity index (χ1) is 14.9. The average molecular weight is 425 g/mol. The Kier molecular flexibility index (Phi) is 10.8. The van der Waals surface area contributed by atoms with Crippen LogP contribution in [0, 0.1) is 11.8 Å². The summed E-state index contributed by atoms with van der Waals surface area (Å²) >= 11 is 0. The highest BCUT2D eigenvalue weighted by Crippen LogP contribution is 2.27. The molecule has 3 unspecified atom stereocenters. The van der Waals surface area contributed by atoms with E-state index in [0.29, 0.717) is 17.9 Å². The van der Waals surface area contributed by atoms with Crippen molar-refractivity contribution in [2.45, 2.75) is 85.0 Å². The number of hydrogen-bond acceptors (Lipinski definition) is 3. The van der Waals surface area contributed by atoms with E-state index >= 15 is 0 Å². The molecule has 0 N–H and O–H groups in total. The molecule has 0 amide bonds. The third kappa shape index (κ3) is 9.69. The minimum absolute atomic E-state index is 0.146. The van der Waals surface area contributed by atoms with E-state index in [1.807, 2.05) is 12.2 Å². The van der Waals surface area contributed by atoms with Gasteiger partial charge in [0.25, 0.3) is 0 Å². The molecule has 1 fully saturated rings. The zero-order valence-electron chi connectivity index (χ0n) is 19.9. The molecule has 0 aromatic carbocycles. The molecule has 1 saturated heterocycles. The molecule has 0 aromatic heterocycles. The molecule has 170 valence electrons. The molecular formula is C28H40O3. The maximum atomic E-state index is 11.3. The average Bonchev–Trinajstić information content (AvgIpc) is 2.72. The Labute approximate surface area is 189 Å². The fraction of sp³-hybridized carbons (Fsp3) is 0.536. The highest BCUT2D eigenvalue weighted by atomic mass is 16.5. The van der Waals surface area contributed by atoms with Crippen molar-refractivity contribution in [1.82, 2.24) is 0 Å². The number of carbonyl (C=O) groups excluding carboxylic acids is 1. The van der Waals surface area contributed by atoms with Crippen LogP contribution in [0.3, 0.4) is 0 Å². The molecule has 0 radical (unpaired) electrons. The summed E-state index contributed by atoms with van der Waals surface area (Å²) in [6, 6.07) is 0. The van der Waals surface area contributed by atoms with E-state index in [4.69, 9.17) is 9.47 Å². The van der Waals surface area contributed by atoms with E-state index in [1.165, 1.54) is 23.6 Å². The summed E-state index contributed by atoms with van der Waals surface area (Å²) in [7, 11) is 0. The summed E-state index contributed by atoms with van der Waals surface area (Å²) in [5.74, 6) is 0.806. The summed E-state index contributed by atoms with van der Waals surface area (Å²) in [6.45, 7) is 10.9. The summed E-state index contributed by atoms with van der Waals surface area (Å²) < 4.78 is 11.5. The van der Waals surface area contributed by atoms with E-state index in [1.54, 1.807) is 0 Å². The lowest BCUT2D eigenvalue weighted by molar-refractivity contribution is -0.141. The van der Waals surface area contributed by atoms with Gasteiger partial charge in [-0.15, -0.1) is 0 Å². The van der Waals surface area contributed by atoms with Crippen molar-refractivity contribution in [3.05, 3.63) is 71.9 Å². The second-order valence-corrected chi connectivity index (χ2v) is 9.04. The number of ether oxygens (including phenoxy) is 2. The first-order valence-corrected chi connectivity index (χ1v) is 11.7. The van der Waals surface area contributed by atoms with Crippen molar-refractivity contribution < 1.29 is 14.3 Å². The molecular weight excluding hydrogens is 384 g/mol. The van der Waals surface area contributed by atoms with Gasteiger partial charge in [0, 0.05) is 12.5 Å². The molecule has 0 bridgehead atoms. The topological polar surface area (TPSA) is 35.5 Å². The molecule has 0 aliphatic carbocycles. The van der Waals surface area contributed by atoms with Gasteiger partial charge in [-0.3, -0.25) is 0 Å². The van der Waals surface area contributed by atoms with E-state index in [9.17, 15) is 4.79 Å². The van der Waals surface area contributed by atoms with Crippen LogP contribution in [0.1, 0.15) is 66.7 Å². The lowest BCUT2D eigenvalue weighted by atomic mass is 9.92. The Morgan fingerprint density at radius 2 is 2.06 bits per heavy atom.